The van der Waals surface area contributed by atoms with Crippen molar-refractivity contribution in [2.45, 2.75) is 11.3 Å². The van der Waals surface area contributed by atoms with Crippen LogP contribution >= 0.6 is 23.2 Å². The number of para-hydroxylation sites is 1. The van der Waals surface area contributed by atoms with Gasteiger partial charge in [0, 0.05) is 44.8 Å². The van der Waals surface area contributed by atoms with E-state index in [1.165, 1.54) is 16.4 Å². The summed E-state index contributed by atoms with van der Waals surface area (Å²) in [7, 11) is -3.76. The predicted molar refractivity (Wildman–Crippen MR) is 111 cm³/mol. The van der Waals surface area contributed by atoms with Crippen molar-refractivity contribution in [1.82, 2.24) is 9.21 Å². The van der Waals surface area contributed by atoms with E-state index in [-0.39, 0.29) is 20.8 Å². The van der Waals surface area contributed by atoms with Gasteiger partial charge in [-0.15, -0.1) is 0 Å². The molecule has 1 fully saturated rings. The predicted octanol–water partition coefficient (Wildman–Crippen LogP) is 3.33. The molecule has 1 N–H and O–H groups in total. The third-order valence-corrected chi connectivity index (χ3v) is 7.42. The second-order valence-corrected chi connectivity index (χ2v) is 9.15. The zero-order chi connectivity index (χ0) is 20.1. The van der Waals surface area contributed by atoms with Gasteiger partial charge in [-0.05, 0) is 24.3 Å². The summed E-state index contributed by atoms with van der Waals surface area (Å²) in [6.07, 6.45) is 0.345. The summed E-state index contributed by atoms with van der Waals surface area (Å²) in [5.74, 6) is -0.0656. The molecule has 1 saturated heterocycles. The highest BCUT2D eigenvalue weighted by molar-refractivity contribution is 7.89. The molecule has 0 spiro atoms. The first-order chi connectivity index (χ1) is 13.4. The Morgan fingerprint density at radius 1 is 0.929 bits per heavy atom. The highest BCUT2D eigenvalue weighted by atomic mass is 35.5. The molecular weight excluding hydrogens is 421 g/mol. The fraction of sp³-hybridized carbons (Fsp3) is 0.316. The summed E-state index contributed by atoms with van der Waals surface area (Å²) in [5.41, 5.74) is 0.764. The lowest BCUT2D eigenvalue weighted by Crippen LogP contribution is -2.49. The molecule has 0 radical (unpaired) electrons. The fourth-order valence-corrected chi connectivity index (χ4v) is 5.57. The van der Waals surface area contributed by atoms with Crippen LogP contribution in [0.15, 0.2) is 53.4 Å². The molecule has 28 heavy (non-hydrogen) atoms. The minimum atomic E-state index is -3.76. The number of nitrogens with zero attached hydrogens (tertiary/aromatic N) is 2. The van der Waals surface area contributed by atoms with Crippen LogP contribution in [0.5, 0.6) is 0 Å². The third-order valence-electron chi connectivity index (χ3n) is 4.56. The van der Waals surface area contributed by atoms with Crippen LogP contribution in [0.25, 0.3) is 0 Å². The number of piperazine rings is 1. The number of halogens is 2. The standard InChI is InChI=1S/C19H21Cl2N3O3S/c20-16-7-4-8-17(21)19(16)28(26,27)24-13-11-23(12-14-24)10-9-18(25)22-15-5-2-1-3-6-15/h1-8H,9-14H2,(H,22,25). The Morgan fingerprint density at radius 3 is 2.14 bits per heavy atom. The Morgan fingerprint density at radius 2 is 1.54 bits per heavy atom. The van der Waals surface area contributed by atoms with Crippen LogP contribution in [0, 0.1) is 0 Å². The number of nitrogens with one attached hydrogen (secondary N) is 1. The van der Waals surface area contributed by atoms with Gasteiger partial charge in [0.25, 0.3) is 0 Å². The smallest absolute Gasteiger partial charge is 0.246 e. The summed E-state index contributed by atoms with van der Waals surface area (Å²) in [4.78, 5) is 14.1. The van der Waals surface area contributed by atoms with Gasteiger partial charge in [-0.1, -0.05) is 47.5 Å². The first-order valence-corrected chi connectivity index (χ1v) is 11.1. The van der Waals surface area contributed by atoms with Gasteiger partial charge in [0.2, 0.25) is 15.9 Å². The van der Waals surface area contributed by atoms with E-state index in [1.807, 2.05) is 30.3 Å². The summed E-state index contributed by atoms with van der Waals surface area (Å²) < 4.78 is 27.1. The molecule has 2 aromatic carbocycles. The minimum absolute atomic E-state index is 0.0472. The van der Waals surface area contributed by atoms with Crippen molar-refractivity contribution in [2.75, 3.05) is 38.0 Å². The molecule has 9 heteroatoms. The molecule has 1 amide bonds. The van der Waals surface area contributed by atoms with Gasteiger partial charge in [0.05, 0.1) is 10.0 Å². The maximum Gasteiger partial charge on any atom is 0.246 e. The van der Waals surface area contributed by atoms with Crippen LogP contribution < -0.4 is 5.32 Å². The third kappa shape index (κ3) is 5.04. The van der Waals surface area contributed by atoms with Gasteiger partial charge >= 0.3 is 0 Å². The van der Waals surface area contributed by atoms with E-state index in [0.717, 1.165) is 5.69 Å². The largest absolute Gasteiger partial charge is 0.326 e. The number of carbonyl (C=O) groups excluding carboxylic acids is 1. The molecule has 1 aliphatic heterocycles. The Balaban J connectivity index is 1.52. The number of benzene rings is 2. The molecule has 2 aromatic rings. The van der Waals surface area contributed by atoms with Gasteiger partial charge in [-0.3, -0.25) is 4.79 Å². The first-order valence-electron chi connectivity index (χ1n) is 8.89. The molecule has 0 aromatic heterocycles. The Hall–Kier alpha value is -1.64. The molecule has 3 rings (SSSR count). The van der Waals surface area contributed by atoms with Crippen molar-refractivity contribution in [2.24, 2.45) is 0 Å². The highest BCUT2D eigenvalue weighted by Gasteiger charge is 2.31. The van der Waals surface area contributed by atoms with Gasteiger partial charge < -0.3 is 10.2 Å². The Bertz CT molecular complexity index is 910. The summed E-state index contributed by atoms with van der Waals surface area (Å²) in [6.45, 7) is 2.30. The van der Waals surface area contributed by atoms with E-state index in [0.29, 0.717) is 39.1 Å². The molecule has 0 aliphatic carbocycles. The maximum atomic E-state index is 12.9. The monoisotopic (exact) mass is 441 g/mol. The topological polar surface area (TPSA) is 69.7 Å². The second kappa shape index (κ2) is 9.24. The lowest BCUT2D eigenvalue weighted by molar-refractivity contribution is -0.116. The molecular formula is C19H21Cl2N3O3S. The van der Waals surface area contributed by atoms with Crippen LogP contribution in [0.4, 0.5) is 5.69 Å². The van der Waals surface area contributed by atoms with E-state index >= 15 is 0 Å². The number of amides is 1. The van der Waals surface area contributed by atoms with Crippen molar-refractivity contribution in [3.8, 4) is 0 Å². The minimum Gasteiger partial charge on any atom is -0.326 e. The van der Waals surface area contributed by atoms with Gasteiger partial charge in [0.1, 0.15) is 4.90 Å². The van der Waals surface area contributed by atoms with Crippen LogP contribution in [-0.2, 0) is 14.8 Å². The number of anilines is 1. The first kappa shape index (κ1) is 21.1. The quantitative estimate of drug-likeness (QED) is 0.745. The zero-order valence-corrected chi connectivity index (χ0v) is 17.5. The maximum absolute atomic E-state index is 12.9. The van der Waals surface area contributed by atoms with Crippen molar-refractivity contribution < 1.29 is 13.2 Å². The molecule has 150 valence electrons. The van der Waals surface area contributed by atoms with Crippen LogP contribution in [-0.4, -0.2) is 56.3 Å². The average Bonchev–Trinajstić information content (AvgIpc) is 2.67. The average molecular weight is 442 g/mol. The number of rotatable bonds is 6. The number of hydrogen-bond donors (Lipinski definition) is 1. The van der Waals surface area contributed by atoms with Crippen LogP contribution in [0.3, 0.4) is 0 Å². The van der Waals surface area contributed by atoms with E-state index in [9.17, 15) is 13.2 Å². The SMILES string of the molecule is O=C(CCN1CCN(S(=O)(=O)c2c(Cl)cccc2Cl)CC1)Nc1ccccc1. The summed E-state index contributed by atoms with van der Waals surface area (Å²) >= 11 is 12.1. The summed E-state index contributed by atoms with van der Waals surface area (Å²) in [6, 6.07) is 13.9. The molecule has 0 saturated carbocycles. The van der Waals surface area contributed by atoms with Crippen LogP contribution in [0.1, 0.15) is 6.42 Å². The molecule has 0 bridgehead atoms. The summed E-state index contributed by atoms with van der Waals surface area (Å²) in [5, 5.41) is 3.08. The normalized spacial score (nSPS) is 16.1. The fourth-order valence-electron chi connectivity index (χ4n) is 3.06. The Kier molecular flexibility index (Phi) is 6.95. The van der Waals surface area contributed by atoms with E-state index in [2.05, 4.69) is 10.2 Å². The molecule has 0 unspecified atom stereocenters. The van der Waals surface area contributed by atoms with E-state index in [1.54, 1.807) is 6.07 Å². The lowest BCUT2D eigenvalue weighted by atomic mass is 10.3. The zero-order valence-electron chi connectivity index (χ0n) is 15.1. The van der Waals surface area contributed by atoms with Gasteiger partial charge in [0.15, 0.2) is 0 Å². The van der Waals surface area contributed by atoms with Crippen molar-refractivity contribution in [3.63, 3.8) is 0 Å². The van der Waals surface area contributed by atoms with Gasteiger partial charge in [-0.25, -0.2) is 8.42 Å². The van der Waals surface area contributed by atoms with Crippen molar-refractivity contribution >= 4 is 44.8 Å². The molecule has 0 atom stereocenters. The lowest BCUT2D eigenvalue weighted by Gasteiger charge is -2.34. The highest BCUT2D eigenvalue weighted by Crippen LogP contribution is 2.31. The van der Waals surface area contributed by atoms with Crippen LogP contribution in [0.2, 0.25) is 10.0 Å². The molecule has 1 heterocycles. The molecule has 1 aliphatic rings. The van der Waals surface area contributed by atoms with E-state index < -0.39 is 10.0 Å². The Labute approximate surface area is 175 Å². The number of carbonyl (C=O) groups is 1. The number of sulfonamides is 1. The van der Waals surface area contributed by atoms with Crippen molar-refractivity contribution in [3.05, 3.63) is 58.6 Å². The van der Waals surface area contributed by atoms with Crippen molar-refractivity contribution in [1.29, 1.82) is 0 Å². The molecule has 6 nitrogen and oxygen atoms in total. The second-order valence-electron chi connectivity index (χ2n) is 6.46. The van der Waals surface area contributed by atoms with Gasteiger partial charge in [-0.2, -0.15) is 4.31 Å². The number of hydrogen-bond acceptors (Lipinski definition) is 4. The van der Waals surface area contributed by atoms with E-state index in [4.69, 9.17) is 23.2 Å².